The van der Waals surface area contributed by atoms with Gasteiger partial charge in [-0.25, -0.2) is 5.43 Å². The molecule has 1 N–H and O–H groups in total. The molecule has 28 heavy (non-hydrogen) atoms. The third-order valence-electron chi connectivity index (χ3n) is 3.94. The SMILES string of the molecule is CCn1c(SCC(=O)NN=C(C)c2cccs2)nnc1-c1ccc(OC)cc1. The Morgan fingerprint density at radius 1 is 1.29 bits per heavy atom. The lowest BCUT2D eigenvalue weighted by atomic mass is 10.2. The number of thiophene rings is 1. The normalized spacial score (nSPS) is 11.5. The minimum atomic E-state index is -0.183. The van der Waals surface area contributed by atoms with Crippen molar-refractivity contribution >= 4 is 34.7 Å². The maximum Gasteiger partial charge on any atom is 0.250 e. The third-order valence-corrected chi connectivity index (χ3v) is 5.89. The molecule has 7 nitrogen and oxygen atoms in total. The van der Waals surface area contributed by atoms with Gasteiger partial charge < -0.3 is 9.30 Å². The second-order valence-corrected chi connectivity index (χ2v) is 7.67. The number of hydrogen-bond acceptors (Lipinski definition) is 7. The number of hydrogen-bond donors (Lipinski definition) is 1. The summed E-state index contributed by atoms with van der Waals surface area (Å²) in [5.74, 6) is 1.58. The summed E-state index contributed by atoms with van der Waals surface area (Å²) >= 11 is 2.92. The van der Waals surface area contributed by atoms with Gasteiger partial charge in [-0.1, -0.05) is 17.8 Å². The molecular formula is C19H21N5O2S2. The van der Waals surface area contributed by atoms with Gasteiger partial charge in [0.25, 0.3) is 5.91 Å². The molecule has 0 bridgehead atoms. The first kappa shape index (κ1) is 20.1. The van der Waals surface area contributed by atoms with Gasteiger partial charge in [-0.15, -0.1) is 21.5 Å². The van der Waals surface area contributed by atoms with E-state index in [1.165, 1.54) is 11.8 Å². The predicted molar refractivity (Wildman–Crippen MR) is 113 cm³/mol. The smallest absolute Gasteiger partial charge is 0.250 e. The molecule has 2 heterocycles. The molecule has 0 unspecified atom stereocenters. The topological polar surface area (TPSA) is 81.4 Å². The molecule has 1 amide bonds. The van der Waals surface area contributed by atoms with Gasteiger partial charge in [-0.2, -0.15) is 5.10 Å². The zero-order valence-electron chi connectivity index (χ0n) is 15.9. The molecule has 2 aromatic heterocycles. The van der Waals surface area contributed by atoms with Gasteiger partial charge >= 0.3 is 0 Å². The second-order valence-electron chi connectivity index (χ2n) is 5.78. The van der Waals surface area contributed by atoms with Crippen molar-refractivity contribution in [2.75, 3.05) is 12.9 Å². The fourth-order valence-electron chi connectivity index (χ4n) is 2.48. The minimum Gasteiger partial charge on any atom is -0.497 e. The summed E-state index contributed by atoms with van der Waals surface area (Å²) < 4.78 is 7.18. The number of nitrogens with one attached hydrogen (secondary N) is 1. The van der Waals surface area contributed by atoms with Crippen LogP contribution in [0.5, 0.6) is 5.75 Å². The Hall–Kier alpha value is -2.65. The van der Waals surface area contributed by atoms with E-state index in [1.54, 1.807) is 18.4 Å². The van der Waals surface area contributed by atoms with Crippen molar-refractivity contribution in [3.05, 3.63) is 46.7 Å². The summed E-state index contributed by atoms with van der Waals surface area (Å²) in [4.78, 5) is 13.2. The van der Waals surface area contributed by atoms with Crippen LogP contribution in [0, 0.1) is 0 Å². The fraction of sp³-hybridized carbons (Fsp3) is 0.263. The molecule has 0 aliphatic heterocycles. The number of carbonyl (C=O) groups is 1. The number of hydrazone groups is 1. The quantitative estimate of drug-likeness (QED) is 0.345. The molecule has 0 aliphatic carbocycles. The lowest BCUT2D eigenvalue weighted by Crippen LogP contribution is -2.21. The molecule has 146 valence electrons. The van der Waals surface area contributed by atoms with Crippen LogP contribution in [0.4, 0.5) is 0 Å². The number of aromatic nitrogens is 3. The monoisotopic (exact) mass is 415 g/mol. The number of methoxy groups -OCH3 is 1. The van der Waals surface area contributed by atoms with Crippen LogP contribution in [-0.4, -0.2) is 39.2 Å². The van der Waals surface area contributed by atoms with Crippen molar-refractivity contribution in [3.63, 3.8) is 0 Å². The Morgan fingerprint density at radius 2 is 2.07 bits per heavy atom. The summed E-state index contributed by atoms with van der Waals surface area (Å²) in [7, 11) is 1.63. The molecule has 0 saturated heterocycles. The Labute approximate surface area is 171 Å². The zero-order chi connectivity index (χ0) is 19.9. The van der Waals surface area contributed by atoms with Gasteiger partial charge in [0, 0.05) is 17.0 Å². The van der Waals surface area contributed by atoms with E-state index in [1.807, 2.05) is 60.2 Å². The Morgan fingerprint density at radius 3 is 2.71 bits per heavy atom. The fourth-order valence-corrected chi connectivity index (χ4v) is 3.95. The van der Waals surface area contributed by atoms with E-state index < -0.39 is 0 Å². The van der Waals surface area contributed by atoms with Crippen molar-refractivity contribution in [3.8, 4) is 17.1 Å². The van der Waals surface area contributed by atoms with Gasteiger partial charge in [0.2, 0.25) is 0 Å². The van der Waals surface area contributed by atoms with Gasteiger partial charge in [0.1, 0.15) is 5.75 Å². The maximum absolute atomic E-state index is 12.1. The molecule has 9 heteroatoms. The molecule has 3 rings (SSSR count). The van der Waals surface area contributed by atoms with Crippen LogP contribution >= 0.6 is 23.1 Å². The maximum atomic E-state index is 12.1. The summed E-state index contributed by atoms with van der Waals surface area (Å²) in [6.45, 7) is 4.59. The van der Waals surface area contributed by atoms with E-state index in [4.69, 9.17) is 4.74 Å². The van der Waals surface area contributed by atoms with Crippen LogP contribution in [0.1, 0.15) is 18.7 Å². The van der Waals surface area contributed by atoms with Crippen molar-refractivity contribution in [2.24, 2.45) is 5.10 Å². The molecule has 0 aliphatic rings. The molecular weight excluding hydrogens is 394 g/mol. The molecule has 0 radical (unpaired) electrons. The summed E-state index contributed by atoms with van der Waals surface area (Å²) in [6.07, 6.45) is 0. The van der Waals surface area contributed by atoms with Crippen molar-refractivity contribution < 1.29 is 9.53 Å². The number of ether oxygens (including phenoxy) is 1. The highest BCUT2D eigenvalue weighted by molar-refractivity contribution is 7.99. The Bertz CT molecular complexity index is 949. The van der Waals surface area contributed by atoms with Gasteiger partial charge in [0.05, 0.1) is 18.6 Å². The van der Waals surface area contributed by atoms with Gasteiger partial charge in [-0.05, 0) is 49.6 Å². The number of thioether (sulfide) groups is 1. The lowest BCUT2D eigenvalue weighted by molar-refractivity contribution is -0.118. The zero-order valence-corrected chi connectivity index (χ0v) is 17.5. The molecule has 0 atom stereocenters. The van der Waals surface area contributed by atoms with Crippen LogP contribution < -0.4 is 10.2 Å². The molecule has 0 fully saturated rings. The lowest BCUT2D eigenvalue weighted by Gasteiger charge is -2.07. The first-order valence-corrected chi connectivity index (χ1v) is 10.6. The van der Waals surface area contributed by atoms with E-state index in [9.17, 15) is 4.79 Å². The van der Waals surface area contributed by atoms with E-state index in [0.29, 0.717) is 11.7 Å². The summed E-state index contributed by atoms with van der Waals surface area (Å²) in [6, 6.07) is 11.6. The number of nitrogens with zero attached hydrogens (tertiary/aromatic N) is 4. The van der Waals surface area contributed by atoms with Crippen LogP contribution in [0.2, 0.25) is 0 Å². The number of carbonyl (C=O) groups excluding carboxylic acids is 1. The predicted octanol–water partition coefficient (Wildman–Crippen LogP) is 3.67. The average molecular weight is 416 g/mol. The Balaban J connectivity index is 1.63. The van der Waals surface area contributed by atoms with Crippen molar-refractivity contribution in [2.45, 2.75) is 25.5 Å². The Kier molecular flexibility index (Phi) is 6.83. The molecule has 3 aromatic rings. The highest BCUT2D eigenvalue weighted by atomic mass is 32.2. The third kappa shape index (κ3) is 4.79. The highest BCUT2D eigenvalue weighted by Crippen LogP contribution is 2.25. The number of benzene rings is 1. The highest BCUT2D eigenvalue weighted by Gasteiger charge is 2.14. The van der Waals surface area contributed by atoms with Crippen molar-refractivity contribution in [1.29, 1.82) is 0 Å². The molecule has 1 aromatic carbocycles. The average Bonchev–Trinajstić information content (AvgIpc) is 3.40. The first-order chi connectivity index (χ1) is 13.6. The molecule has 0 spiro atoms. The summed E-state index contributed by atoms with van der Waals surface area (Å²) in [5, 5.41) is 15.4. The van der Waals surface area contributed by atoms with Crippen LogP contribution in [0.25, 0.3) is 11.4 Å². The number of rotatable bonds is 8. The van der Waals surface area contributed by atoms with Crippen LogP contribution in [0.15, 0.2) is 52.0 Å². The second kappa shape index (κ2) is 9.52. The number of amides is 1. The van der Waals surface area contributed by atoms with E-state index in [0.717, 1.165) is 27.7 Å². The first-order valence-electron chi connectivity index (χ1n) is 8.69. The molecule has 0 saturated carbocycles. The summed E-state index contributed by atoms with van der Waals surface area (Å²) in [5.41, 5.74) is 4.32. The van der Waals surface area contributed by atoms with Gasteiger partial charge in [-0.3, -0.25) is 4.79 Å². The minimum absolute atomic E-state index is 0.183. The van der Waals surface area contributed by atoms with Crippen molar-refractivity contribution in [1.82, 2.24) is 20.2 Å². The van der Waals surface area contributed by atoms with Crippen LogP contribution in [0.3, 0.4) is 0 Å². The standard InChI is InChI=1S/C19H21N5O2S2/c1-4-24-18(14-7-9-15(26-3)10-8-14)22-23-19(24)28-12-17(25)21-20-13(2)16-6-5-11-27-16/h5-11H,4,12H2,1-3H3,(H,21,25). The van der Waals surface area contributed by atoms with E-state index >= 15 is 0 Å². The van der Waals surface area contributed by atoms with Crippen LogP contribution in [-0.2, 0) is 11.3 Å². The van der Waals surface area contributed by atoms with Gasteiger partial charge in [0.15, 0.2) is 11.0 Å². The largest absolute Gasteiger partial charge is 0.497 e. The van der Waals surface area contributed by atoms with E-state index in [-0.39, 0.29) is 11.7 Å². The van der Waals surface area contributed by atoms with E-state index in [2.05, 4.69) is 20.7 Å².